The summed E-state index contributed by atoms with van der Waals surface area (Å²) in [6.07, 6.45) is 8.62. The normalized spacial score (nSPS) is 21.9. The van der Waals surface area contributed by atoms with Crippen LogP contribution in [0.3, 0.4) is 0 Å². The van der Waals surface area contributed by atoms with Gasteiger partial charge >= 0.3 is 0 Å². The number of rotatable bonds is 7. The van der Waals surface area contributed by atoms with E-state index in [1.54, 1.807) is 0 Å². The van der Waals surface area contributed by atoms with Crippen LogP contribution in [0, 0.1) is 5.92 Å². The molecule has 0 bridgehead atoms. The quantitative estimate of drug-likeness (QED) is 0.723. The molecule has 1 aliphatic carbocycles. The van der Waals surface area contributed by atoms with E-state index in [4.69, 9.17) is 0 Å². The molecule has 0 aromatic rings. The fourth-order valence-electron chi connectivity index (χ4n) is 2.44. The van der Waals surface area contributed by atoms with Crippen LogP contribution in [0.4, 0.5) is 0 Å². The maximum absolute atomic E-state index is 3.65. The molecule has 2 atom stereocenters. The van der Waals surface area contributed by atoms with Gasteiger partial charge in [0.05, 0.1) is 0 Å². The minimum Gasteiger partial charge on any atom is -0.313 e. The largest absolute Gasteiger partial charge is 0.313 e. The summed E-state index contributed by atoms with van der Waals surface area (Å²) in [5, 5.41) is 4.61. The average molecular weight is 243 g/mol. The van der Waals surface area contributed by atoms with Gasteiger partial charge in [0, 0.05) is 17.0 Å². The van der Waals surface area contributed by atoms with Crippen molar-refractivity contribution in [3.63, 3.8) is 0 Å². The van der Waals surface area contributed by atoms with Crippen molar-refractivity contribution in [2.75, 3.05) is 12.3 Å². The first-order valence-corrected chi connectivity index (χ1v) is 8.17. The van der Waals surface area contributed by atoms with Crippen LogP contribution >= 0.6 is 11.8 Å². The van der Waals surface area contributed by atoms with Gasteiger partial charge in [0.15, 0.2) is 0 Å². The molecule has 1 N–H and O–H groups in total. The predicted octanol–water partition coefficient (Wildman–Crippen LogP) is 4.08. The van der Waals surface area contributed by atoms with E-state index in [0.29, 0.717) is 0 Å². The molecular formula is C14H29NS. The molecule has 1 aliphatic rings. The zero-order chi connectivity index (χ0) is 11.8. The van der Waals surface area contributed by atoms with Crippen LogP contribution in [0.1, 0.15) is 59.3 Å². The van der Waals surface area contributed by atoms with Gasteiger partial charge in [0.1, 0.15) is 0 Å². The van der Waals surface area contributed by atoms with Crippen molar-refractivity contribution >= 4 is 11.8 Å². The Morgan fingerprint density at radius 2 is 1.88 bits per heavy atom. The van der Waals surface area contributed by atoms with Crippen molar-refractivity contribution < 1.29 is 0 Å². The Balaban J connectivity index is 2.24. The highest BCUT2D eigenvalue weighted by molar-refractivity contribution is 7.99. The van der Waals surface area contributed by atoms with Crippen molar-refractivity contribution in [1.82, 2.24) is 5.32 Å². The Bertz CT molecular complexity index is 166. The van der Waals surface area contributed by atoms with Crippen LogP contribution in [0.25, 0.3) is 0 Å². The van der Waals surface area contributed by atoms with E-state index in [0.717, 1.165) is 23.8 Å². The average Bonchev–Trinajstić information content (AvgIpc) is 2.34. The number of hydrogen-bond acceptors (Lipinski definition) is 2. The highest BCUT2D eigenvalue weighted by Crippen LogP contribution is 2.29. The lowest BCUT2D eigenvalue weighted by atomic mass is 10.0. The van der Waals surface area contributed by atoms with E-state index in [-0.39, 0.29) is 0 Å². The third-order valence-electron chi connectivity index (χ3n) is 3.86. The Morgan fingerprint density at radius 1 is 1.19 bits per heavy atom. The molecule has 0 aromatic heterocycles. The standard InChI is InChI=1S/C14H29NS/c1-4-12(3)14(15-5-2)11-16-13-9-7-6-8-10-13/h12-15H,4-11H2,1-3H3. The molecule has 2 heteroatoms. The second-order valence-electron chi connectivity index (χ2n) is 5.14. The molecule has 0 heterocycles. The Hall–Kier alpha value is 0.310. The summed E-state index contributed by atoms with van der Waals surface area (Å²) >= 11 is 2.23. The fourth-order valence-corrected chi connectivity index (χ4v) is 4.04. The molecule has 2 unspecified atom stereocenters. The van der Waals surface area contributed by atoms with Gasteiger partial charge in [-0.05, 0) is 25.3 Å². The first-order valence-electron chi connectivity index (χ1n) is 7.12. The molecular weight excluding hydrogens is 214 g/mol. The third-order valence-corrected chi connectivity index (χ3v) is 5.36. The van der Waals surface area contributed by atoms with Gasteiger partial charge in [-0.25, -0.2) is 0 Å². The Labute approximate surface area is 106 Å². The number of hydrogen-bond donors (Lipinski definition) is 1. The van der Waals surface area contributed by atoms with Gasteiger partial charge in [-0.1, -0.05) is 46.5 Å². The fraction of sp³-hybridized carbons (Fsp3) is 1.00. The maximum Gasteiger partial charge on any atom is 0.0183 e. The summed E-state index contributed by atoms with van der Waals surface area (Å²) in [7, 11) is 0. The van der Waals surface area contributed by atoms with E-state index in [1.807, 2.05) is 0 Å². The molecule has 1 rings (SSSR count). The zero-order valence-corrected chi connectivity index (χ0v) is 12.1. The van der Waals surface area contributed by atoms with Crippen LogP contribution in [0.2, 0.25) is 0 Å². The molecule has 96 valence electrons. The molecule has 0 aromatic carbocycles. The SMILES string of the molecule is CCNC(CSC1CCCCC1)C(C)CC. The number of nitrogens with one attached hydrogen (secondary N) is 1. The van der Waals surface area contributed by atoms with Gasteiger partial charge in [0.25, 0.3) is 0 Å². The summed E-state index contributed by atoms with van der Waals surface area (Å²) < 4.78 is 0. The van der Waals surface area contributed by atoms with Crippen molar-refractivity contribution in [1.29, 1.82) is 0 Å². The molecule has 0 amide bonds. The van der Waals surface area contributed by atoms with Gasteiger partial charge < -0.3 is 5.32 Å². The first kappa shape index (κ1) is 14.4. The smallest absolute Gasteiger partial charge is 0.0183 e. The second-order valence-corrected chi connectivity index (χ2v) is 6.48. The Morgan fingerprint density at radius 3 is 2.44 bits per heavy atom. The van der Waals surface area contributed by atoms with Gasteiger partial charge in [-0.15, -0.1) is 0 Å². The molecule has 1 fully saturated rings. The van der Waals surface area contributed by atoms with Gasteiger partial charge in [0.2, 0.25) is 0 Å². The third kappa shape index (κ3) is 5.09. The van der Waals surface area contributed by atoms with Crippen molar-refractivity contribution in [2.45, 2.75) is 70.6 Å². The molecule has 1 saturated carbocycles. The second kappa shape index (κ2) is 8.41. The van der Waals surface area contributed by atoms with Crippen LogP contribution in [0.15, 0.2) is 0 Å². The summed E-state index contributed by atoms with van der Waals surface area (Å²) in [5.74, 6) is 2.13. The summed E-state index contributed by atoms with van der Waals surface area (Å²) in [6.45, 7) is 8.02. The summed E-state index contributed by atoms with van der Waals surface area (Å²) in [5.41, 5.74) is 0. The molecule has 0 aliphatic heterocycles. The van der Waals surface area contributed by atoms with Crippen LogP contribution < -0.4 is 5.32 Å². The topological polar surface area (TPSA) is 12.0 Å². The molecule has 0 spiro atoms. The highest BCUT2D eigenvalue weighted by atomic mass is 32.2. The summed E-state index contributed by atoms with van der Waals surface area (Å²) in [6, 6.07) is 0.724. The van der Waals surface area contributed by atoms with Crippen molar-refractivity contribution in [2.24, 2.45) is 5.92 Å². The lowest BCUT2D eigenvalue weighted by molar-refractivity contribution is 0.403. The minimum absolute atomic E-state index is 0.724. The Kier molecular flexibility index (Phi) is 7.55. The van der Waals surface area contributed by atoms with Crippen LogP contribution in [-0.4, -0.2) is 23.6 Å². The van der Waals surface area contributed by atoms with E-state index in [2.05, 4.69) is 37.8 Å². The molecule has 0 radical (unpaired) electrons. The summed E-state index contributed by atoms with van der Waals surface area (Å²) in [4.78, 5) is 0. The van der Waals surface area contributed by atoms with E-state index in [1.165, 1.54) is 44.3 Å². The van der Waals surface area contributed by atoms with Crippen LogP contribution in [0.5, 0.6) is 0 Å². The van der Waals surface area contributed by atoms with E-state index >= 15 is 0 Å². The highest BCUT2D eigenvalue weighted by Gasteiger charge is 2.19. The van der Waals surface area contributed by atoms with Crippen molar-refractivity contribution in [3.05, 3.63) is 0 Å². The van der Waals surface area contributed by atoms with Gasteiger partial charge in [-0.2, -0.15) is 11.8 Å². The zero-order valence-electron chi connectivity index (χ0n) is 11.3. The maximum atomic E-state index is 3.65. The molecule has 0 saturated heterocycles. The van der Waals surface area contributed by atoms with Crippen molar-refractivity contribution in [3.8, 4) is 0 Å². The molecule has 1 nitrogen and oxygen atoms in total. The van der Waals surface area contributed by atoms with E-state index in [9.17, 15) is 0 Å². The van der Waals surface area contributed by atoms with Crippen LogP contribution in [-0.2, 0) is 0 Å². The monoisotopic (exact) mass is 243 g/mol. The molecule has 16 heavy (non-hydrogen) atoms. The lowest BCUT2D eigenvalue weighted by Crippen LogP contribution is -2.37. The minimum atomic E-state index is 0.724. The lowest BCUT2D eigenvalue weighted by Gasteiger charge is -2.27. The van der Waals surface area contributed by atoms with E-state index < -0.39 is 0 Å². The number of thioether (sulfide) groups is 1. The van der Waals surface area contributed by atoms with Gasteiger partial charge in [-0.3, -0.25) is 0 Å². The predicted molar refractivity (Wildman–Crippen MR) is 76.3 cm³/mol. The first-order chi connectivity index (χ1) is 7.77.